The van der Waals surface area contributed by atoms with Crippen LogP contribution in [0.4, 0.5) is 9.18 Å². The number of benzene rings is 1. The molecule has 1 aromatic heterocycles. The minimum Gasteiger partial charge on any atom is -0.339 e. The number of imide groups is 1. The van der Waals surface area contributed by atoms with Crippen molar-refractivity contribution in [3.63, 3.8) is 0 Å². The Morgan fingerprint density at radius 1 is 1.21 bits per heavy atom. The van der Waals surface area contributed by atoms with E-state index in [-0.39, 0.29) is 36.1 Å². The van der Waals surface area contributed by atoms with Gasteiger partial charge in [0.2, 0.25) is 0 Å². The van der Waals surface area contributed by atoms with E-state index in [2.05, 4.69) is 5.32 Å². The number of hydrogen-bond acceptors (Lipinski definition) is 4. The fourth-order valence-electron chi connectivity index (χ4n) is 4.14. The van der Waals surface area contributed by atoms with Gasteiger partial charge in [-0.25, -0.2) is 9.18 Å². The van der Waals surface area contributed by atoms with Gasteiger partial charge in [0.05, 0.1) is 6.54 Å². The van der Waals surface area contributed by atoms with Gasteiger partial charge in [0.25, 0.3) is 11.8 Å². The summed E-state index contributed by atoms with van der Waals surface area (Å²) in [6.45, 7) is 3.03. The predicted molar refractivity (Wildman–Crippen MR) is 107 cm³/mol. The van der Waals surface area contributed by atoms with Crippen LogP contribution in [0.25, 0.3) is 0 Å². The molecule has 2 saturated heterocycles. The number of thiophene rings is 1. The van der Waals surface area contributed by atoms with E-state index in [1.807, 2.05) is 16.8 Å². The first-order valence-electron chi connectivity index (χ1n) is 9.58. The van der Waals surface area contributed by atoms with E-state index in [0.29, 0.717) is 31.5 Å². The van der Waals surface area contributed by atoms with Gasteiger partial charge < -0.3 is 10.2 Å². The van der Waals surface area contributed by atoms with Gasteiger partial charge in [-0.2, -0.15) is 11.3 Å². The van der Waals surface area contributed by atoms with Crippen molar-refractivity contribution >= 4 is 29.2 Å². The quantitative estimate of drug-likeness (QED) is 0.780. The molecule has 1 aromatic carbocycles. The van der Waals surface area contributed by atoms with Crippen molar-refractivity contribution in [1.82, 2.24) is 15.1 Å². The largest absolute Gasteiger partial charge is 0.339 e. The van der Waals surface area contributed by atoms with Gasteiger partial charge in [-0.15, -0.1) is 0 Å². The molecular weight excluding hydrogens is 393 g/mol. The number of urea groups is 1. The van der Waals surface area contributed by atoms with Crippen molar-refractivity contribution in [3.05, 3.63) is 58.0 Å². The second kappa shape index (κ2) is 7.59. The second-order valence-electron chi connectivity index (χ2n) is 7.73. The highest BCUT2D eigenvalue weighted by Crippen LogP contribution is 2.34. The SMILES string of the molecule is C[C@]1(C2CCN(C(=O)c3ccc(F)cc3)CC2)NC(=O)N(Cc2ccsc2)C1=O. The smallest absolute Gasteiger partial charge is 0.325 e. The lowest BCUT2D eigenvalue weighted by Crippen LogP contribution is -2.54. The number of carbonyl (C=O) groups is 3. The highest BCUT2D eigenvalue weighted by Gasteiger charge is 2.52. The molecule has 2 fully saturated rings. The van der Waals surface area contributed by atoms with Gasteiger partial charge in [-0.05, 0) is 72.3 Å². The summed E-state index contributed by atoms with van der Waals surface area (Å²) >= 11 is 1.53. The lowest BCUT2D eigenvalue weighted by Gasteiger charge is -2.39. The Bertz CT molecular complexity index is 923. The van der Waals surface area contributed by atoms with Crippen molar-refractivity contribution in [2.75, 3.05) is 13.1 Å². The summed E-state index contributed by atoms with van der Waals surface area (Å²) in [7, 11) is 0. The van der Waals surface area contributed by atoms with Crippen LogP contribution in [-0.2, 0) is 11.3 Å². The van der Waals surface area contributed by atoms with E-state index in [0.717, 1.165) is 5.56 Å². The number of amides is 4. The third-order valence-corrected chi connectivity index (χ3v) is 6.64. The highest BCUT2D eigenvalue weighted by atomic mass is 32.1. The van der Waals surface area contributed by atoms with E-state index >= 15 is 0 Å². The molecule has 1 N–H and O–H groups in total. The number of carbonyl (C=O) groups excluding carboxylic acids is 3. The molecule has 4 amide bonds. The minimum absolute atomic E-state index is 0.0521. The van der Waals surface area contributed by atoms with Crippen molar-refractivity contribution in [3.8, 4) is 0 Å². The zero-order valence-electron chi connectivity index (χ0n) is 16.1. The number of likely N-dealkylation sites (tertiary alicyclic amines) is 1. The number of piperidine rings is 1. The lowest BCUT2D eigenvalue weighted by molar-refractivity contribution is -0.133. The summed E-state index contributed by atoms with van der Waals surface area (Å²) in [5.41, 5.74) is 0.420. The highest BCUT2D eigenvalue weighted by molar-refractivity contribution is 7.07. The first-order valence-corrected chi connectivity index (χ1v) is 10.5. The van der Waals surface area contributed by atoms with E-state index in [9.17, 15) is 18.8 Å². The molecule has 29 heavy (non-hydrogen) atoms. The van der Waals surface area contributed by atoms with Gasteiger partial charge in [0, 0.05) is 18.7 Å². The molecule has 3 heterocycles. The first-order chi connectivity index (χ1) is 13.9. The fraction of sp³-hybridized carbons (Fsp3) is 0.381. The number of nitrogens with zero attached hydrogens (tertiary/aromatic N) is 2. The van der Waals surface area contributed by atoms with Crippen molar-refractivity contribution in [2.45, 2.75) is 31.8 Å². The van der Waals surface area contributed by atoms with E-state index in [1.54, 1.807) is 11.8 Å². The van der Waals surface area contributed by atoms with Gasteiger partial charge in [-0.3, -0.25) is 14.5 Å². The molecule has 0 aliphatic carbocycles. The van der Waals surface area contributed by atoms with Crippen LogP contribution in [0.1, 0.15) is 35.7 Å². The average Bonchev–Trinajstić information content (AvgIpc) is 3.31. The van der Waals surface area contributed by atoms with Crippen LogP contribution in [0.3, 0.4) is 0 Å². The summed E-state index contributed by atoms with van der Waals surface area (Å²) in [6.07, 6.45) is 1.23. The Hall–Kier alpha value is -2.74. The Kier molecular flexibility index (Phi) is 5.12. The number of halogens is 1. The summed E-state index contributed by atoms with van der Waals surface area (Å²) in [5.74, 6) is -0.786. The van der Waals surface area contributed by atoms with Crippen LogP contribution in [0.5, 0.6) is 0 Å². The van der Waals surface area contributed by atoms with E-state index in [1.165, 1.54) is 40.5 Å². The lowest BCUT2D eigenvalue weighted by atomic mass is 9.78. The zero-order valence-corrected chi connectivity index (χ0v) is 16.9. The molecular formula is C21H22FN3O3S. The van der Waals surface area contributed by atoms with Gasteiger partial charge in [0.15, 0.2) is 0 Å². The van der Waals surface area contributed by atoms with Gasteiger partial charge in [-0.1, -0.05) is 0 Å². The second-order valence-corrected chi connectivity index (χ2v) is 8.51. The number of rotatable bonds is 4. The molecule has 0 spiro atoms. The van der Waals surface area contributed by atoms with Crippen molar-refractivity contribution in [2.24, 2.45) is 5.92 Å². The van der Waals surface area contributed by atoms with Gasteiger partial charge >= 0.3 is 6.03 Å². The van der Waals surface area contributed by atoms with Crippen LogP contribution in [-0.4, -0.2) is 46.3 Å². The molecule has 2 aliphatic heterocycles. The Labute approximate surface area is 172 Å². The van der Waals surface area contributed by atoms with Crippen LogP contribution in [0.2, 0.25) is 0 Å². The Morgan fingerprint density at radius 2 is 1.90 bits per heavy atom. The Morgan fingerprint density at radius 3 is 2.52 bits per heavy atom. The normalized spacial score (nSPS) is 22.8. The molecule has 4 rings (SSSR count). The summed E-state index contributed by atoms with van der Waals surface area (Å²) < 4.78 is 13.1. The van der Waals surface area contributed by atoms with Crippen LogP contribution >= 0.6 is 11.3 Å². The fourth-order valence-corrected chi connectivity index (χ4v) is 4.80. The zero-order chi connectivity index (χ0) is 20.6. The molecule has 0 radical (unpaired) electrons. The monoisotopic (exact) mass is 415 g/mol. The average molecular weight is 415 g/mol. The molecule has 0 saturated carbocycles. The molecule has 8 heteroatoms. The summed E-state index contributed by atoms with van der Waals surface area (Å²) in [5, 5.41) is 6.73. The third kappa shape index (κ3) is 3.64. The van der Waals surface area contributed by atoms with Gasteiger partial charge in [0.1, 0.15) is 11.4 Å². The maximum absolute atomic E-state index is 13.1. The Balaban J connectivity index is 1.41. The predicted octanol–water partition coefficient (Wildman–Crippen LogP) is 3.25. The molecule has 152 valence electrons. The molecule has 0 bridgehead atoms. The van der Waals surface area contributed by atoms with Crippen LogP contribution in [0.15, 0.2) is 41.1 Å². The topological polar surface area (TPSA) is 69.7 Å². The van der Waals surface area contributed by atoms with E-state index < -0.39 is 5.54 Å². The summed E-state index contributed by atoms with van der Waals surface area (Å²) in [6, 6.07) is 7.04. The standard InChI is InChI=1S/C21H22FN3O3S/c1-21(19(27)25(20(28)23-21)12-14-8-11-29-13-14)16-6-9-24(10-7-16)18(26)15-2-4-17(22)5-3-15/h2-5,8,11,13,16H,6-7,9-10,12H2,1H3,(H,23,28)/t21-/m1/s1. The minimum atomic E-state index is -0.960. The molecule has 2 aliphatic rings. The van der Waals surface area contributed by atoms with E-state index in [4.69, 9.17) is 0 Å². The number of nitrogens with one attached hydrogen (secondary N) is 1. The molecule has 1 atom stereocenters. The molecule has 0 unspecified atom stereocenters. The van der Waals surface area contributed by atoms with Crippen LogP contribution in [0, 0.1) is 11.7 Å². The number of hydrogen-bond donors (Lipinski definition) is 1. The molecule has 2 aromatic rings. The van der Waals surface area contributed by atoms with Crippen molar-refractivity contribution < 1.29 is 18.8 Å². The molecule has 6 nitrogen and oxygen atoms in total. The maximum atomic E-state index is 13.1. The first kappa shape index (κ1) is 19.6. The maximum Gasteiger partial charge on any atom is 0.325 e. The van der Waals surface area contributed by atoms with Crippen molar-refractivity contribution in [1.29, 1.82) is 0 Å². The van der Waals surface area contributed by atoms with Crippen LogP contribution < -0.4 is 5.32 Å². The third-order valence-electron chi connectivity index (χ3n) is 5.91. The summed E-state index contributed by atoms with van der Waals surface area (Å²) in [4.78, 5) is 41.1.